The summed E-state index contributed by atoms with van der Waals surface area (Å²) in [5, 5.41) is 11.4. The number of nitrogens with one attached hydrogen (secondary N) is 1. The average molecular weight is 417 g/mol. The molecule has 4 aromatic rings. The summed E-state index contributed by atoms with van der Waals surface area (Å²) in [5.41, 5.74) is 4.77. The van der Waals surface area contributed by atoms with Crippen LogP contribution >= 0.6 is 0 Å². The second kappa shape index (κ2) is 8.43. The van der Waals surface area contributed by atoms with Crippen LogP contribution in [0.4, 0.5) is 0 Å². The van der Waals surface area contributed by atoms with Crippen LogP contribution in [-0.2, 0) is 17.9 Å². The van der Waals surface area contributed by atoms with Crippen LogP contribution in [0.1, 0.15) is 16.7 Å². The van der Waals surface area contributed by atoms with E-state index in [4.69, 9.17) is 4.74 Å². The molecule has 0 radical (unpaired) electrons. The minimum absolute atomic E-state index is 0.171. The molecule has 1 N–H and O–H groups in total. The van der Waals surface area contributed by atoms with Crippen molar-refractivity contribution in [2.75, 3.05) is 7.11 Å². The number of benzene rings is 2. The number of hydrogen-bond donors (Lipinski definition) is 1. The second-order valence-corrected chi connectivity index (χ2v) is 7.40. The van der Waals surface area contributed by atoms with Crippen molar-refractivity contribution in [2.24, 2.45) is 0 Å². The van der Waals surface area contributed by atoms with E-state index in [-0.39, 0.29) is 18.0 Å². The normalized spacial score (nSPS) is 10.9. The van der Waals surface area contributed by atoms with Crippen molar-refractivity contribution >= 4 is 11.4 Å². The number of amides is 1. The van der Waals surface area contributed by atoms with Crippen LogP contribution in [0.2, 0.25) is 0 Å². The standard InChI is InChI=1S/C23H23N5O3/c1-15-4-5-16(2)19(10-15)20-11-21-23(30)27(25-14-28(21)26-20)13-22(29)24-12-17-6-8-18(31-3)9-7-17/h4-11,14H,12-13H2,1-3H3,(H,24,29). The Morgan fingerprint density at radius 2 is 1.87 bits per heavy atom. The first kappa shape index (κ1) is 20.3. The van der Waals surface area contributed by atoms with E-state index in [1.165, 1.54) is 10.8 Å². The molecular formula is C23H23N5O3. The Kier molecular flexibility index (Phi) is 5.53. The Bertz CT molecular complexity index is 1310. The van der Waals surface area contributed by atoms with Crippen molar-refractivity contribution in [3.8, 4) is 17.0 Å². The highest BCUT2D eigenvalue weighted by atomic mass is 16.5. The van der Waals surface area contributed by atoms with Gasteiger partial charge in [0.2, 0.25) is 5.91 Å². The molecule has 0 atom stereocenters. The van der Waals surface area contributed by atoms with E-state index >= 15 is 0 Å². The zero-order chi connectivity index (χ0) is 22.0. The zero-order valence-electron chi connectivity index (χ0n) is 17.6. The molecule has 8 heteroatoms. The lowest BCUT2D eigenvalue weighted by atomic mass is 10.0. The van der Waals surface area contributed by atoms with Crippen LogP contribution in [0.3, 0.4) is 0 Å². The van der Waals surface area contributed by atoms with Crippen LogP contribution in [-0.4, -0.2) is 32.4 Å². The minimum atomic E-state index is -0.369. The number of carbonyl (C=O) groups excluding carboxylic acids is 1. The molecule has 0 aliphatic carbocycles. The van der Waals surface area contributed by atoms with Gasteiger partial charge >= 0.3 is 0 Å². The van der Waals surface area contributed by atoms with Crippen molar-refractivity contribution < 1.29 is 9.53 Å². The molecule has 0 aliphatic heterocycles. The number of ether oxygens (including phenoxy) is 1. The summed E-state index contributed by atoms with van der Waals surface area (Å²) in [5.74, 6) is 0.448. The molecule has 0 bridgehead atoms. The molecule has 31 heavy (non-hydrogen) atoms. The van der Waals surface area contributed by atoms with E-state index in [0.29, 0.717) is 17.8 Å². The highest BCUT2D eigenvalue weighted by Gasteiger charge is 2.13. The summed E-state index contributed by atoms with van der Waals surface area (Å²) in [6.45, 7) is 4.19. The predicted molar refractivity (Wildman–Crippen MR) is 117 cm³/mol. The second-order valence-electron chi connectivity index (χ2n) is 7.40. The Balaban J connectivity index is 1.51. The van der Waals surface area contributed by atoms with E-state index in [1.54, 1.807) is 13.2 Å². The van der Waals surface area contributed by atoms with Gasteiger partial charge in [0, 0.05) is 12.1 Å². The number of fused-ring (bicyclic) bond motifs is 1. The Morgan fingerprint density at radius 3 is 2.61 bits per heavy atom. The van der Waals surface area contributed by atoms with Crippen LogP contribution in [0.15, 0.2) is 59.7 Å². The molecule has 158 valence electrons. The number of nitrogens with zero attached hydrogens (tertiary/aromatic N) is 4. The molecule has 0 saturated carbocycles. The first-order valence-corrected chi connectivity index (χ1v) is 9.87. The van der Waals surface area contributed by atoms with Gasteiger partial charge in [-0.05, 0) is 49.2 Å². The van der Waals surface area contributed by atoms with Gasteiger partial charge in [-0.25, -0.2) is 9.20 Å². The van der Waals surface area contributed by atoms with Gasteiger partial charge in [0.05, 0.1) is 12.8 Å². The van der Waals surface area contributed by atoms with Gasteiger partial charge in [0.25, 0.3) is 5.56 Å². The largest absolute Gasteiger partial charge is 0.497 e. The van der Waals surface area contributed by atoms with Gasteiger partial charge in [-0.15, -0.1) is 0 Å². The van der Waals surface area contributed by atoms with E-state index in [0.717, 1.165) is 32.7 Å². The molecule has 8 nitrogen and oxygen atoms in total. The van der Waals surface area contributed by atoms with E-state index in [9.17, 15) is 9.59 Å². The topological polar surface area (TPSA) is 90.5 Å². The quantitative estimate of drug-likeness (QED) is 0.521. The van der Waals surface area contributed by atoms with Gasteiger partial charge in [-0.1, -0.05) is 29.8 Å². The number of methoxy groups -OCH3 is 1. The molecule has 0 unspecified atom stereocenters. The fraction of sp³-hybridized carbons (Fsp3) is 0.217. The van der Waals surface area contributed by atoms with E-state index in [2.05, 4.69) is 15.5 Å². The summed E-state index contributed by atoms with van der Waals surface area (Å²) in [6, 6.07) is 15.2. The number of rotatable bonds is 6. The summed E-state index contributed by atoms with van der Waals surface area (Å²) in [4.78, 5) is 25.2. The lowest BCUT2D eigenvalue weighted by molar-refractivity contribution is -0.122. The van der Waals surface area contributed by atoms with Crippen LogP contribution in [0.5, 0.6) is 5.75 Å². The third kappa shape index (κ3) is 4.32. The number of aromatic nitrogens is 4. The van der Waals surface area contributed by atoms with Gasteiger partial charge in [0.15, 0.2) is 0 Å². The molecule has 2 aromatic heterocycles. The first-order chi connectivity index (χ1) is 14.9. The molecule has 0 aliphatic rings. The summed E-state index contributed by atoms with van der Waals surface area (Å²) < 4.78 is 7.72. The van der Waals surface area contributed by atoms with Crippen molar-refractivity contribution in [3.05, 3.63) is 81.9 Å². The van der Waals surface area contributed by atoms with Crippen molar-refractivity contribution in [1.82, 2.24) is 24.7 Å². The van der Waals surface area contributed by atoms with Gasteiger partial charge < -0.3 is 10.1 Å². The average Bonchev–Trinajstić information content (AvgIpc) is 3.21. The van der Waals surface area contributed by atoms with Crippen molar-refractivity contribution in [3.63, 3.8) is 0 Å². The highest BCUT2D eigenvalue weighted by molar-refractivity contribution is 5.75. The maximum atomic E-state index is 12.9. The zero-order valence-corrected chi connectivity index (χ0v) is 17.6. The Labute approximate surface area is 179 Å². The van der Waals surface area contributed by atoms with Crippen molar-refractivity contribution in [1.29, 1.82) is 0 Å². The summed E-state index contributed by atoms with van der Waals surface area (Å²) in [6.07, 6.45) is 1.45. The molecular weight excluding hydrogens is 394 g/mol. The summed E-state index contributed by atoms with van der Waals surface area (Å²) in [7, 11) is 1.60. The molecule has 0 saturated heterocycles. The molecule has 2 heterocycles. The molecule has 4 rings (SSSR count). The van der Waals surface area contributed by atoms with Gasteiger partial charge in [-0.2, -0.15) is 10.2 Å². The van der Waals surface area contributed by atoms with Crippen molar-refractivity contribution in [2.45, 2.75) is 26.9 Å². The smallest absolute Gasteiger partial charge is 0.293 e. The fourth-order valence-corrected chi connectivity index (χ4v) is 3.33. The van der Waals surface area contributed by atoms with Crippen LogP contribution < -0.4 is 15.6 Å². The first-order valence-electron chi connectivity index (χ1n) is 9.87. The Hall–Kier alpha value is -3.94. The third-order valence-electron chi connectivity index (χ3n) is 5.10. The summed E-state index contributed by atoms with van der Waals surface area (Å²) >= 11 is 0. The van der Waals surface area contributed by atoms with Gasteiger partial charge in [-0.3, -0.25) is 9.59 Å². The van der Waals surface area contributed by atoms with Gasteiger partial charge in [0.1, 0.15) is 24.1 Å². The van der Waals surface area contributed by atoms with E-state index < -0.39 is 0 Å². The fourth-order valence-electron chi connectivity index (χ4n) is 3.33. The minimum Gasteiger partial charge on any atom is -0.497 e. The van der Waals surface area contributed by atoms with Crippen LogP contribution in [0, 0.1) is 13.8 Å². The number of hydrogen-bond acceptors (Lipinski definition) is 5. The highest BCUT2D eigenvalue weighted by Crippen LogP contribution is 2.23. The molecule has 0 spiro atoms. The predicted octanol–water partition coefficient (Wildman–Crippen LogP) is 2.50. The lowest BCUT2D eigenvalue weighted by Crippen LogP contribution is -2.34. The maximum absolute atomic E-state index is 12.9. The SMILES string of the molecule is COc1ccc(CNC(=O)Cn2ncn3nc(-c4cc(C)ccc4C)cc3c2=O)cc1. The Morgan fingerprint density at radius 1 is 1.10 bits per heavy atom. The lowest BCUT2D eigenvalue weighted by Gasteiger charge is -2.07. The number of carbonyl (C=O) groups is 1. The molecule has 2 aromatic carbocycles. The monoisotopic (exact) mass is 417 g/mol. The molecule has 1 amide bonds. The maximum Gasteiger partial charge on any atom is 0.293 e. The molecule has 0 fully saturated rings. The third-order valence-corrected chi connectivity index (χ3v) is 5.10. The van der Waals surface area contributed by atoms with E-state index in [1.807, 2.05) is 56.3 Å². The number of aryl methyl sites for hydroxylation is 2. The van der Waals surface area contributed by atoms with Crippen LogP contribution in [0.25, 0.3) is 16.8 Å².